The lowest BCUT2D eigenvalue weighted by Gasteiger charge is -2.08. The van der Waals surface area contributed by atoms with E-state index in [2.05, 4.69) is 0 Å². The first-order valence-electron chi connectivity index (χ1n) is 7.41. The third kappa shape index (κ3) is 2.90. The molecule has 3 rings (SSSR count). The average Bonchev–Trinajstić information content (AvgIpc) is 3.05. The maximum Gasteiger partial charge on any atom is 0.425 e. The summed E-state index contributed by atoms with van der Waals surface area (Å²) in [6, 6.07) is 9.44. The standard InChI is InChI=1S/C17H16N2O4S/c1-11-3-5-12(6-4-11)7-9-23-17(22)19-14(20)13-8-10-24-15(13)18(2)16(19)21/h3-6,8,10H,7,9H2,1-2H3. The van der Waals surface area contributed by atoms with E-state index in [0.29, 0.717) is 21.2 Å². The predicted molar refractivity (Wildman–Crippen MR) is 93.0 cm³/mol. The quantitative estimate of drug-likeness (QED) is 0.731. The highest BCUT2D eigenvalue weighted by Crippen LogP contribution is 2.14. The van der Waals surface area contributed by atoms with E-state index in [1.54, 1.807) is 11.4 Å². The van der Waals surface area contributed by atoms with Crippen LogP contribution in [0.3, 0.4) is 0 Å². The molecule has 0 N–H and O–H groups in total. The lowest BCUT2D eigenvalue weighted by atomic mass is 10.1. The minimum Gasteiger partial charge on any atom is -0.448 e. The first kappa shape index (κ1) is 16.2. The molecule has 6 nitrogen and oxygen atoms in total. The molecule has 0 aliphatic heterocycles. The minimum atomic E-state index is -0.944. The van der Waals surface area contributed by atoms with E-state index in [0.717, 1.165) is 11.1 Å². The Balaban J connectivity index is 1.80. The molecule has 0 bridgehead atoms. The molecule has 0 aliphatic carbocycles. The van der Waals surface area contributed by atoms with Crippen LogP contribution in [0.4, 0.5) is 4.79 Å². The van der Waals surface area contributed by atoms with Gasteiger partial charge in [0.2, 0.25) is 0 Å². The zero-order chi connectivity index (χ0) is 17.3. The second kappa shape index (κ2) is 6.45. The molecule has 0 atom stereocenters. The molecule has 7 heteroatoms. The molecule has 0 saturated heterocycles. The van der Waals surface area contributed by atoms with Gasteiger partial charge in [-0.05, 0) is 23.9 Å². The summed E-state index contributed by atoms with van der Waals surface area (Å²) in [6.07, 6.45) is -0.428. The van der Waals surface area contributed by atoms with Crippen molar-refractivity contribution < 1.29 is 9.53 Å². The van der Waals surface area contributed by atoms with Gasteiger partial charge in [-0.15, -0.1) is 11.3 Å². The number of fused-ring (bicyclic) bond motifs is 1. The molecular formula is C17H16N2O4S. The third-order valence-corrected chi connectivity index (χ3v) is 4.77. The van der Waals surface area contributed by atoms with E-state index in [9.17, 15) is 14.4 Å². The molecule has 3 aromatic rings. The number of ether oxygens (including phenoxy) is 1. The number of hydrogen-bond donors (Lipinski definition) is 0. The third-order valence-electron chi connectivity index (χ3n) is 3.78. The maximum absolute atomic E-state index is 12.3. The number of thiophene rings is 1. The summed E-state index contributed by atoms with van der Waals surface area (Å²) < 4.78 is 6.94. The van der Waals surface area contributed by atoms with Gasteiger partial charge in [-0.2, -0.15) is 4.57 Å². The molecule has 0 spiro atoms. The SMILES string of the molecule is Cc1ccc(CCOC(=O)n2c(=O)c3ccsc3n(C)c2=O)cc1. The number of aryl methyl sites for hydroxylation is 2. The summed E-state index contributed by atoms with van der Waals surface area (Å²) in [6.45, 7) is 2.09. The normalized spacial score (nSPS) is 10.9. The second-order valence-electron chi connectivity index (χ2n) is 5.47. The van der Waals surface area contributed by atoms with Crippen molar-refractivity contribution in [2.45, 2.75) is 13.3 Å². The van der Waals surface area contributed by atoms with Crippen LogP contribution in [-0.4, -0.2) is 21.8 Å². The topological polar surface area (TPSA) is 70.3 Å². The molecule has 2 heterocycles. The number of hydrogen-bond acceptors (Lipinski definition) is 5. The number of carbonyl (C=O) groups excluding carboxylic acids is 1. The zero-order valence-electron chi connectivity index (χ0n) is 13.3. The smallest absolute Gasteiger partial charge is 0.425 e. The minimum absolute atomic E-state index is 0.0964. The largest absolute Gasteiger partial charge is 0.448 e. The number of carbonyl (C=O) groups is 1. The number of aromatic nitrogens is 2. The van der Waals surface area contributed by atoms with Gasteiger partial charge in [0, 0.05) is 13.5 Å². The monoisotopic (exact) mass is 344 g/mol. The van der Waals surface area contributed by atoms with Crippen LogP contribution in [0.1, 0.15) is 11.1 Å². The van der Waals surface area contributed by atoms with Crippen molar-refractivity contribution in [1.29, 1.82) is 0 Å². The van der Waals surface area contributed by atoms with Crippen LogP contribution >= 0.6 is 11.3 Å². The molecule has 24 heavy (non-hydrogen) atoms. The van der Waals surface area contributed by atoms with Crippen LogP contribution in [0.2, 0.25) is 0 Å². The Morgan fingerprint density at radius 3 is 2.58 bits per heavy atom. The first-order chi connectivity index (χ1) is 11.5. The number of rotatable bonds is 3. The van der Waals surface area contributed by atoms with Gasteiger partial charge in [0.15, 0.2) is 0 Å². The van der Waals surface area contributed by atoms with Gasteiger partial charge >= 0.3 is 11.8 Å². The molecular weight excluding hydrogens is 328 g/mol. The molecule has 0 fully saturated rings. The van der Waals surface area contributed by atoms with Crippen LogP contribution in [0.25, 0.3) is 10.2 Å². The van der Waals surface area contributed by atoms with Crippen molar-refractivity contribution in [3.8, 4) is 0 Å². The highest BCUT2D eigenvalue weighted by atomic mass is 32.1. The predicted octanol–water partition coefficient (Wildman–Crippen LogP) is 2.30. The summed E-state index contributed by atoms with van der Waals surface area (Å²) in [5, 5.41) is 2.04. The Hall–Kier alpha value is -2.67. The molecule has 2 aromatic heterocycles. The molecule has 0 saturated carbocycles. The van der Waals surface area contributed by atoms with Gasteiger partial charge in [-0.3, -0.25) is 9.36 Å². The van der Waals surface area contributed by atoms with Gasteiger partial charge in [0.05, 0.1) is 12.0 Å². The van der Waals surface area contributed by atoms with E-state index in [4.69, 9.17) is 4.74 Å². The van der Waals surface area contributed by atoms with Crippen molar-refractivity contribution >= 4 is 27.6 Å². The Labute approximate surface area is 141 Å². The molecule has 0 amide bonds. The molecule has 0 radical (unpaired) electrons. The maximum atomic E-state index is 12.3. The highest BCUT2D eigenvalue weighted by molar-refractivity contribution is 7.16. The van der Waals surface area contributed by atoms with Crippen LogP contribution < -0.4 is 11.2 Å². The van der Waals surface area contributed by atoms with E-state index in [-0.39, 0.29) is 6.61 Å². The zero-order valence-corrected chi connectivity index (χ0v) is 14.1. The fourth-order valence-electron chi connectivity index (χ4n) is 2.40. The van der Waals surface area contributed by atoms with Crippen molar-refractivity contribution in [3.05, 3.63) is 67.7 Å². The van der Waals surface area contributed by atoms with Crippen molar-refractivity contribution in [2.75, 3.05) is 6.61 Å². The van der Waals surface area contributed by atoms with Crippen LogP contribution in [-0.2, 0) is 18.2 Å². The van der Waals surface area contributed by atoms with Crippen molar-refractivity contribution in [2.24, 2.45) is 7.05 Å². The fourth-order valence-corrected chi connectivity index (χ4v) is 3.26. The van der Waals surface area contributed by atoms with Crippen LogP contribution in [0, 0.1) is 6.92 Å². The van der Waals surface area contributed by atoms with E-state index < -0.39 is 17.3 Å². The summed E-state index contributed by atoms with van der Waals surface area (Å²) >= 11 is 1.28. The van der Waals surface area contributed by atoms with E-state index in [1.807, 2.05) is 31.2 Å². The Morgan fingerprint density at radius 1 is 1.17 bits per heavy atom. The Kier molecular flexibility index (Phi) is 4.35. The van der Waals surface area contributed by atoms with Gasteiger partial charge < -0.3 is 4.74 Å². The van der Waals surface area contributed by atoms with Crippen LogP contribution in [0.15, 0.2) is 45.3 Å². The summed E-state index contributed by atoms with van der Waals surface area (Å²) in [5.41, 5.74) is 0.821. The number of nitrogens with zero attached hydrogens (tertiary/aromatic N) is 2. The first-order valence-corrected chi connectivity index (χ1v) is 8.29. The summed E-state index contributed by atoms with van der Waals surface area (Å²) in [7, 11) is 1.52. The summed E-state index contributed by atoms with van der Waals surface area (Å²) in [4.78, 5) is 37.3. The van der Waals surface area contributed by atoms with Crippen molar-refractivity contribution in [3.63, 3.8) is 0 Å². The fraction of sp³-hybridized carbons (Fsp3) is 0.235. The van der Waals surface area contributed by atoms with Gasteiger partial charge in [0.1, 0.15) is 4.83 Å². The lowest BCUT2D eigenvalue weighted by Crippen LogP contribution is -2.43. The second-order valence-corrected chi connectivity index (χ2v) is 6.37. The highest BCUT2D eigenvalue weighted by Gasteiger charge is 2.18. The Morgan fingerprint density at radius 2 is 1.88 bits per heavy atom. The van der Waals surface area contributed by atoms with Gasteiger partial charge in [-0.25, -0.2) is 9.59 Å². The lowest BCUT2D eigenvalue weighted by molar-refractivity contribution is 0.146. The molecule has 0 unspecified atom stereocenters. The van der Waals surface area contributed by atoms with Crippen molar-refractivity contribution in [1.82, 2.24) is 9.13 Å². The van der Waals surface area contributed by atoms with Crippen LogP contribution in [0.5, 0.6) is 0 Å². The number of benzene rings is 1. The summed E-state index contributed by atoms with van der Waals surface area (Å²) in [5.74, 6) is 0. The van der Waals surface area contributed by atoms with Gasteiger partial charge in [-0.1, -0.05) is 29.8 Å². The Bertz CT molecular complexity index is 1010. The average molecular weight is 344 g/mol. The molecule has 124 valence electrons. The molecule has 1 aromatic carbocycles. The molecule has 0 aliphatic rings. The van der Waals surface area contributed by atoms with E-state index in [1.165, 1.54) is 23.0 Å². The van der Waals surface area contributed by atoms with E-state index >= 15 is 0 Å². The van der Waals surface area contributed by atoms with Gasteiger partial charge in [0.25, 0.3) is 5.56 Å².